The van der Waals surface area contributed by atoms with Crippen LogP contribution in [0.25, 0.3) is 5.69 Å². The standard InChI is InChI=1S/C14H19BN2O3/c1-10-6-7-17(16-10)11-8-12(18-9-11)15-19-13(2,3)14(4,5)20-15/h6-9H,1-5H3. The molecule has 0 N–H and O–H groups in total. The summed E-state index contributed by atoms with van der Waals surface area (Å²) in [5.41, 5.74) is 1.75. The van der Waals surface area contributed by atoms with E-state index >= 15 is 0 Å². The van der Waals surface area contributed by atoms with Crippen LogP contribution in [-0.4, -0.2) is 28.1 Å². The van der Waals surface area contributed by atoms with Gasteiger partial charge >= 0.3 is 7.12 Å². The van der Waals surface area contributed by atoms with Gasteiger partial charge in [0, 0.05) is 12.3 Å². The van der Waals surface area contributed by atoms with Crippen molar-refractivity contribution in [1.82, 2.24) is 9.78 Å². The molecule has 0 atom stereocenters. The summed E-state index contributed by atoms with van der Waals surface area (Å²) in [6, 6.07) is 3.84. The van der Waals surface area contributed by atoms with E-state index < -0.39 is 7.12 Å². The first-order valence-electron chi connectivity index (χ1n) is 6.75. The first kappa shape index (κ1) is 13.5. The van der Waals surface area contributed by atoms with Crippen molar-refractivity contribution in [2.45, 2.75) is 45.8 Å². The van der Waals surface area contributed by atoms with Crippen molar-refractivity contribution in [2.24, 2.45) is 0 Å². The van der Waals surface area contributed by atoms with Gasteiger partial charge in [0.15, 0.2) is 0 Å². The van der Waals surface area contributed by atoms with E-state index in [0.717, 1.165) is 11.4 Å². The second-order valence-electron chi connectivity index (χ2n) is 6.20. The molecule has 0 saturated carbocycles. The molecule has 1 aliphatic heterocycles. The minimum absolute atomic E-state index is 0.368. The number of hydrogen-bond donors (Lipinski definition) is 0. The van der Waals surface area contributed by atoms with Gasteiger partial charge in [0.25, 0.3) is 0 Å². The largest absolute Gasteiger partial charge is 0.532 e. The van der Waals surface area contributed by atoms with Crippen LogP contribution < -0.4 is 5.66 Å². The van der Waals surface area contributed by atoms with Gasteiger partial charge in [-0.25, -0.2) is 4.68 Å². The average Bonchev–Trinajstić information content (AvgIpc) is 2.98. The Balaban J connectivity index is 1.85. The Morgan fingerprint density at radius 2 is 1.80 bits per heavy atom. The zero-order valence-electron chi connectivity index (χ0n) is 12.5. The summed E-state index contributed by atoms with van der Waals surface area (Å²) in [5, 5.41) is 4.35. The van der Waals surface area contributed by atoms with Crippen molar-refractivity contribution in [3.05, 3.63) is 30.3 Å². The van der Waals surface area contributed by atoms with Crippen LogP contribution in [0.2, 0.25) is 0 Å². The second kappa shape index (κ2) is 4.23. The zero-order valence-corrected chi connectivity index (χ0v) is 12.5. The van der Waals surface area contributed by atoms with E-state index in [2.05, 4.69) is 5.10 Å². The van der Waals surface area contributed by atoms with Gasteiger partial charge in [-0.15, -0.1) is 0 Å². The van der Waals surface area contributed by atoms with Crippen LogP contribution in [0.3, 0.4) is 0 Å². The average molecular weight is 274 g/mol. The van der Waals surface area contributed by atoms with Crippen molar-refractivity contribution in [3.8, 4) is 5.69 Å². The molecule has 0 aromatic carbocycles. The molecule has 1 aliphatic rings. The van der Waals surface area contributed by atoms with Crippen molar-refractivity contribution >= 4 is 12.8 Å². The van der Waals surface area contributed by atoms with Gasteiger partial charge in [-0.05, 0) is 40.7 Å². The van der Waals surface area contributed by atoms with Gasteiger partial charge in [-0.2, -0.15) is 5.10 Å². The molecular weight excluding hydrogens is 255 g/mol. The maximum absolute atomic E-state index is 5.96. The topological polar surface area (TPSA) is 49.4 Å². The Morgan fingerprint density at radius 1 is 1.15 bits per heavy atom. The highest BCUT2D eigenvalue weighted by molar-refractivity contribution is 6.60. The number of nitrogens with zero attached hydrogens (tertiary/aromatic N) is 2. The van der Waals surface area contributed by atoms with Gasteiger partial charge in [0.05, 0.1) is 16.9 Å². The molecule has 5 nitrogen and oxygen atoms in total. The molecule has 0 bridgehead atoms. The van der Waals surface area contributed by atoms with E-state index in [1.807, 2.05) is 52.9 Å². The van der Waals surface area contributed by atoms with E-state index in [-0.39, 0.29) is 11.2 Å². The highest BCUT2D eigenvalue weighted by Gasteiger charge is 2.53. The molecule has 0 aliphatic carbocycles. The fraction of sp³-hybridized carbons (Fsp3) is 0.500. The fourth-order valence-electron chi connectivity index (χ4n) is 2.10. The van der Waals surface area contributed by atoms with Crippen LogP contribution in [0.1, 0.15) is 33.4 Å². The monoisotopic (exact) mass is 274 g/mol. The molecule has 2 aromatic rings. The summed E-state index contributed by atoms with van der Waals surface area (Å²) in [5.74, 6) is 0. The zero-order chi connectivity index (χ0) is 14.5. The summed E-state index contributed by atoms with van der Waals surface area (Å²) in [6.45, 7) is 10.0. The predicted octanol–water partition coefficient (Wildman–Crippen LogP) is 2.07. The second-order valence-corrected chi connectivity index (χ2v) is 6.20. The summed E-state index contributed by atoms with van der Waals surface area (Å²) in [6.07, 6.45) is 3.56. The third-order valence-corrected chi connectivity index (χ3v) is 4.08. The summed E-state index contributed by atoms with van der Waals surface area (Å²) in [4.78, 5) is 0. The summed E-state index contributed by atoms with van der Waals surface area (Å²) < 4.78 is 19.3. The van der Waals surface area contributed by atoms with E-state index in [1.165, 1.54) is 0 Å². The SMILES string of the molecule is Cc1ccn(-c2coc(B3OC(C)(C)C(C)(C)O3)c2)n1. The molecule has 1 fully saturated rings. The van der Waals surface area contributed by atoms with Gasteiger partial charge in [-0.1, -0.05) is 0 Å². The Labute approximate surface area is 119 Å². The molecule has 0 radical (unpaired) electrons. The molecule has 3 heterocycles. The molecule has 3 rings (SSSR count). The first-order chi connectivity index (χ1) is 9.28. The van der Waals surface area contributed by atoms with Crippen molar-refractivity contribution in [1.29, 1.82) is 0 Å². The number of aromatic nitrogens is 2. The van der Waals surface area contributed by atoms with E-state index in [1.54, 1.807) is 10.9 Å². The number of furan rings is 1. The fourth-order valence-corrected chi connectivity index (χ4v) is 2.10. The van der Waals surface area contributed by atoms with Crippen LogP contribution in [0.15, 0.2) is 29.0 Å². The van der Waals surface area contributed by atoms with E-state index in [0.29, 0.717) is 5.66 Å². The highest BCUT2D eigenvalue weighted by Crippen LogP contribution is 2.36. The lowest BCUT2D eigenvalue weighted by molar-refractivity contribution is 0.00578. The minimum atomic E-state index is -0.481. The molecular formula is C14H19BN2O3. The third-order valence-electron chi connectivity index (χ3n) is 4.08. The highest BCUT2D eigenvalue weighted by atomic mass is 16.7. The van der Waals surface area contributed by atoms with Crippen LogP contribution in [0.5, 0.6) is 0 Å². The normalized spacial score (nSPS) is 20.6. The Hall–Kier alpha value is -1.53. The molecule has 6 heteroatoms. The number of aryl methyl sites for hydroxylation is 1. The molecule has 20 heavy (non-hydrogen) atoms. The van der Waals surface area contributed by atoms with Crippen molar-refractivity contribution < 1.29 is 13.7 Å². The van der Waals surface area contributed by atoms with Crippen LogP contribution in [-0.2, 0) is 9.31 Å². The lowest BCUT2D eigenvalue weighted by Crippen LogP contribution is -2.41. The predicted molar refractivity (Wildman–Crippen MR) is 76.3 cm³/mol. The van der Waals surface area contributed by atoms with E-state index in [9.17, 15) is 0 Å². The maximum atomic E-state index is 5.96. The third kappa shape index (κ3) is 2.09. The Morgan fingerprint density at radius 3 is 2.35 bits per heavy atom. The Bertz CT molecular complexity index is 614. The molecule has 106 valence electrons. The number of hydrogen-bond acceptors (Lipinski definition) is 4. The lowest BCUT2D eigenvalue weighted by Gasteiger charge is -2.32. The smallest absolute Gasteiger partial charge is 0.471 e. The van der Waals surface area contributed by atoms with Crippen LogP contribution in [0.4, 0.5) is 0 Å². The Kier molecular flexibility index (Phi) is 2.85. The quantitative estimate of drug-likeness (QED) is 0.787. The van der Waals surface area contributed by atoms with Gasteiger partial charge in [0.2, 0.25) is 0 Å². The molecule has 0 spiro atoms. The first-order valence-corrected chi connectivity index (χ1v) is 6.75. The minimum Gasteiger partial charge on any atom is -0.471 e. The molecule has 1 saturated heterocycles. The van der Waals surface area contributed by atoms with Gasteiger partial charge < -0.3 is 13.7 Å². The molecule has 2 aromatic heterocycles. The summed E-state index contributed by atoms with van der Waals surface area (Å²) >= 11 is 0. The molecule has 0 unspecified atom stereocenters. The van der Waals surface area contributed by atoms with Crippen molar-refractivity contribution in [3.63, 3.8) is 0 Å². The van der Waals surface area contributed by atoms with E-state index in [4.69, 9.17) is 13.7 Å². The summed E-state index contributed by atoms with van der Waals surface area (Å²) in [7, 11) is -0.481. The van der Waals surface area contributed by atoms with Crippen LogP contribution >= 0.6 is 0 Å². The van der Waals surface area contributed by atoms with Crippen molar-refractivity contribution in [2.75, 3.05) is 0 Å². The van der Waals surface area contributed by atoms with Crippen LogP contribution in [0, 0.1) is 6.92 Å². The molecule has 0 amide bonds. The maximum Gasteiger partial charge on any atom is 0.532 e. The number of rotatable bonds is 2. The van der Waals surface area contributed by atoms with Gasteiger partial charge in [-0.3, -0.25) is 0 Å². The van der Waals surface area contributed by atoms with Gasteiger partial charge in [0.1, 0.15) is 17.6 Å². The lowest BCUT2D eigenvalue weighted by atomic mass is 9.86.